The van der Waals surface area contributed by atoms with Crippen molar-refractivity contribution in [1.82, 2.24) is 59.8 Å². The molecule has 7 aromatic carbocycles. The molecule has 0 spiro atoms. The van der Waals surface area contributed by atoms with Crippen molar-refractivity contribution in [1.29, 1.82) is 0 Å². The zero-order valence-electron chi connectivity index (χ0n) is 60.6. The second kappa shape index (κ2) is 27.6. The van der Waals surface area contributed by atoms with E-state index in [1.54, 1.807) is 0 Å². The monoisotopic (exact) mass is 1370 g/mol. The van der Waals surface area contributed by atoms with E-state index < -0.39 is 0 Å². The minimum absolute atomic E-state index is 0.170. The summed E-state index contributed by atoms with van der Waals surface area (Å²) < 4.78 is 0. The lowest BCUT2D eigenvalue weighted by atomic mass is 9.91. The van der Waals surface area contributed by atoms with E-state index >= 15 is 0 Å². The van der Waals surface area contributed by atoms with Crippen molar-refractivity contribution < 1.29 is 0 Å². The van der Waals surface area contributed by atoms with E-state index in [-0.39, 0.29) is 17.8 Å². The summed E-state index contributed by atoms with van der Waals surface area (Å²) in [5.74, 6) is -0.511. The van der Waals surface area contributed by atoms with Crippen LogP contribution in [0.15, 0.2) is 182 Å². The maximum atomic E-state index is 5.99. The van der Waals surface area contributed by atoms with E-state index in [4.69, 9.17) is 29.9 Å². The summed E-state index contributed by atoms with van der Waals surface area (Å²) in [4.78, 5) is 60.2. The number of hydrogen-bond acceptors (Lipinski definition) is 6. The van der Waals surface area contributed by atoms with Gasteiger partial charge in [-0.25, -0.2) is 29.9 Å². The van der Waals surface area contributed by atoms with Gasteiger partial charge in [0.2, 0.25) is 0 Å². The molecule has 6 N–H and O–H groups in total. The van der Waals surface area contributed by atoms with E-state index in [0.717, 1.165) is 154 Å². The van der Waals surface area contributed by atoms with Crippen molar-refractivity contribution in [2.24, 2.45) is 0 Å². The Morgan fingerprint density at radius 1 is 0.200 bits per heavy atom. The maximum absolute atomic E-state index is 5.99. The van der Waals surface area contributed by atoms with E-state index in [1.807, 2.05) is 0 Å². The predicted molar refractivity (Wildman–Crippen MR) is 430 cm³/mol. The molecule has 16 aromatic rings. The van der Waals surface area contributed by atoms with E-state index in [0.29, 0.717) is 33.1 Å². The molecule has 0 saturated carbocycles. The number of nitrogens with one attached hydrogen (secondary N) is 6. The van der Waals surface area contributed by atoms with Crippen LogP contribution in [0, 0.1) is 0 Å². The van der Waals surface area contributed by atoms with Gasteiger partial charge in [-0.2, -0.15) is 0 Å². The topological polar surface area (TPSA) is 172 Å². The van der Waals surface area contributed by atoms with Gasteiger partial charge in [-0.05, 0) is 181 Å². The van der Waals surface area contributed by atoms with Crippen LogP contribution in [-0.4, -0.2) is 59.8 Å². The highest BCUT2D eigenvalue weighted by molar-refractivity contribution is 6.23. The molecule has 3 aliphatic heterocycles. The van der Waals surface area contributed by atoms with Crippen LogP contribution in [0.2, 0.25) is 0 Å². The number of aromatic amines is 6. The zero-order valence-corrected chi connectivity index (χ0v) is 60.6. The molecule has 0 unspecified atom stereocenters. The van der Waals surface area contributed by atoms with Gasteiger partial charge in [0.15, 0.2) is 0 Å². The summed E-state index contributed by atoms with van der Waals surface area (Å²) >= 11 is 0. The van der Waals surface area contributed by atoms with Gasteiger partial charge in [0.25, 0.3) is 0 Å². The van der Waals surface area contributed by atoms with Crippen LogP contribution in [0.25, 0.3) is 134 Å². The van der Waals surface area contributed by atoms with Crippen LogP contribution < -0.4 is 0 Å². The molecule has 0 saturated heterocycles. The molecule has 24 bridgehead atoms. The molecule has 0 atom stereocenters. The normalized spacial score (nSPS) is 14.9. The first-order valence-electron chi connectivity index (χ1n) is 39.4. The Bertz CT molecular complexity index is 5040. The molecule has 12 heteroatoms. The van der Waals surface area contributed by atoms with E-state index in [9.17, 15) is 0 Å². The molecule has 12 nitrogen and oxygen atoms in total. The third-order valence-corrected chi connectivity index (χ3v) is 23.4. The molecule has 3 aliphatic rings. The SMILES string of the molecule is CCCCCCCCc1ccc(C2c3ccc([nH]3)-c3ccc4c5nc6c(nc35)c3nc5c(ccc7c5nc3c3nc5c(ccc(c5nc63)-c3ccc([nH]3)C(c3ccc(CCCCCCCC)cc3)c3ccc-4[nH]3)-c3ccc([nH]3)C(c3ccc(CCCCCCCC)cc3)c3ccc-7[nH]3)-c3ccc2[nH]3)cc1. The number of rotatable bonds is 24. The molecular formula is C93H90N12. The van der Waals surface area contributed by atoms with Gasteiger partial charge >= 0.3 is 0 Å². The number of unbranched alkanes of at least 4 members (excludes halogenated alkanes) is 15. The zero-order chi connectivity index (χ0) is 70.1. The first-order chi connectivity index (χ1) is 51.9. The Morgan fingerprint density at radius 3 is 0.590 bits per heavy atom. The molecule has 19 rings (SSSR count). The van der Waals surface area contributed by atoms with Crippen molar-refractivity contribution in [2.45, 2.75) is 173 Å². The summed E-state index contributed by atoms with van der Waals surface area (Å²) in [6.45, 7) is 6.87. The summed E-state index contributed by atoms with van der Waals surface area (Å²) in [7, 11) is 0. The Hall–Kier alpha value is -11.0. The van der Waals surface area contributed by atoms with Gasteiger partial charge in [-0.1, -0.05) is 190 Å². The molecule has 9 aromatic heterocycles. The molecule has 0 amide bonds. The predicted octanol–water partition coefficient (Wildman–Crippen LogP) is 24.1. The van der Waals surface area contributed by atoms with Crippen molar-refractivity contribution in [3.8, 4) is 67.5 Å². The maximum Gasteiger partial charge on any atom is 0.120 e. The molecule has 0 aliphatic carbocycles. The largest absolute Gasteiger partial charge is 0.358 e. The number of hydrogen-bond donors (Lipinski definition) is 6. The fraction of sp³-hybridized carbons (Fsp3) is 0.290. The summed E-state index contributed by atoms with van der Waals surface area (Å²) in [6, 6.07) is 68.5. The van der Waals surface area contributed by atoms with Crippen molar-refractivity contribution in [2.75, 3.05) is 0 Å². The number of fused-ring (bicyclic) bond motifs is 18. The first kappa shape index (κ1) is 64.8. The number of nitrogens with zero attached hydrogens (tertiary/aromatic N) is 6. The van der Waals surface area contributed by atoms with Gasteiger partial charge in [0.05, 0.1) is 50.9 Å². The number of H-pyrrole nitrogens is 6. The standard InChI is InChI=1S/C93H90N12/c1-4-7-10-13-16-19-22-55-25-31-58(32-26-55)79-73-49-43-67(94-73)61-37-39-63-69-45-51-75(96-69)80(59-33-27-56(28-34-59)23-20-17-14-11-8-5-2)77-53-47-71(98-77)65-41-42-66-72-48-54-78(99-72)81(60-35-29-57(30-36-60)24-21-18-15-12-9-6-3)76-52-46-70(97-76)64-40-38-62(68-44-50-74(79)95-68)83-85(64)103-91-89(101-83)88-90(102-84(63)82(61)100-88)92-93(91)105-87(66)86(65)104-92/h25-54,79-81,94-99H,4-24H2,1-3H3. The highest BCUT2D eigenvalue weighted by Gasteiger charge is 2.31. The van der Waals surface area contributed by atoms with Gasteiger partial charge in [0, 0.05) is 102 Å². The molecule has 0 fully saturated rings. The average Bonchev–Trinajstić information content (AvgIpc) is 1.59. The molecular weight excluding hydrogens is 1290 g/mol. The molecule has 105 heavy (non-hydrogen) atoms. The third kappa shape index (κ3) is 11.8. The Kier molecular flexibility index (Phi) is 17.0. The Labute approximate surface area is 612 Å². The van der Waals surface area contributed by atoms with Crippen LogP contribution in [0.3, 0.4) is 0 Å². The van der Waals surface area contributed by atoms with Gasteiger partial charge in [-0.3, -0.25) is 0 Å². The minimum atomic E-state index is -0.170. The minimum Gasteiger partial charge on any atom is -0.358 e. The van der Waals surface area contributed by atoms with Crippen LogP contribution in [0.4, 0.5) is 0 Å². The van der Waals surface area contributed by atoms with Crippen molar-refractivity contribution in [3.63, 3.8) is 0 Å². The van der Waals surface area contributed by atoms with E-state index in [2.05, 4.69) is 233 Å². The quantitative estimate of drug-likeness (QED) is 0.0200. The second-order valence-electron chi connectivity index (χ2n) is 30.4. The highest BCUT2D eigenvalue weighted by Crippen LogP contribution is 2.47. The average molecular weight is 1380 g/mol. The summed E-state index contributed by atoms with van der Waals surface area (Å²) in [5.41, 5.74) is 33.3. The Balaban J connectivity index is 0.853. The number of aromatic nitrogens is 12. The van der Waals surface area contributed by atoms with Gasteiger partial charge in [-0.15, -0.1) is 0 Å². The van der Waals surface area contributed by atoms with Crippen LogP contribution in [0.5, 0.6) is 0 Å². The second-order valence-corrected chi connectivity index (χ2v) is 30.4. The van der Waals surface area contributed by atoms with Crippen LogP contribution >= 0.6 is 0 Å². The third-order valence-electron chi connectivity index (χ3n) is 23.4. The highest BCUT2D eigenvalue weighted by atomic mass is 15.0. The lowest BCUT2D eigenvalue weighted by Crippen LogP contribution is -2.05. The smallest absolute Gasteiger partial charge is 0.120 e. The molecule has 12 heterocycles. The lowest BCUT2D eigenvalue weighted by molar-refractivity contribution is 0.607. The Morgan fingerprint density at radius 2 is 0.390 bits per heavy atom. The molecule has 522 valence electrons. The first-order valence-corrected chi connectivity index (χ1v) is 39.4. The number of benzene rings is 7. The van der Waals surface area contributed by atoms with Crippen LogP contribution in [0.1, 0.15) is 222 Å². The van der Waals surface area contributed by atoms with Crippen molar-refractivity contribution >= 4 is 66.2 Å². The fourth-order valence-corrected chi connectivity index (χ4v) is 17.7. The number of aryl methyl sites for hydroxylation is 3. The molecule has 0 radical (unpaired) electrons. The van der Waals surface area contributed by atoms with Crippen molar-refractivity contribution in [3.05, 3.63) is 250 Å². The van der Waals surface area contributed by atoms with Gasteiger partial charge < -0.3 is 29.9 Å². The van der Waals surface area contributed by atoms with Gasteiger partial charge in [0.1, 0.15) is 33.1 Å². The fourth-order valence-electron chi connectivity index (χ4n) is 17.7. The van der Waals surface area contributed by atoms with E-state index in [1.165, 1.54) is 149 Å². The summed E-state index contributed by atoms with van der Waals surface area (Å²) in [5, 5.41) is 0. The lowest BCUT2D eigenvalue weighted by Gasteiger charge is -2.17. The van der Waals surface area contributed by atoms with Crippen LogP contribution in [-0.2, 0) is 19.3 Å². The summed E-state index contributed by atoms with van der Waals surface area (Å²) in [6.07, 6.45) is 26.2.